The first-order valence-electron chi connectivity index (χ1n) is 6.29. The molecule has 0 amide bonds. The second-order valence-electron chi connectivity index (χ2n) is 4.56. The van der Waals surface area contributed by atoms with Gasteiger partial charge in [-0.05, 0) is 12.0 Å². The molecular formula is C14H18N2O5. The Hall–Kier alpha value is -2.25. The van der Waals surface area contributed by atoms with Crippen LogP contribution in [0.4, 0.5) is 0 Å². The van der Waals surface area contributed by atoms with Crippen LogP contribution < -0.4 is 11.5 Å². The number of carboxylic acid groups (broad SMARTS) is 1. The molecule has 21 heavy (non-hydrogen) atoms. The fourth-order valence-corrected chi connectivity index (χ4v) is 1.89. The van der Waals surface area contributed by atoms with Crippen molar-refractivity contribution in [3.05, 3.63) is 35.4 Å². The van der Waals surface area contributed by atoms with E-state index >= 15 is 0 Å². The van der Waals surface area contributed by atoms with E-state index in [9.17, 15) is 14.4 Å². The largest absolute Gasteiger partial charge is 0.481 e. The monoisotopic (exact) mass is 294 g/mol. The van der Waals surface area contributed by atoms with Crippen LogP contribution in [0.3, 0.4) is 0 Å². The van der Waals surface area contributed by atoms with Gasteiger partial charge in [-0.3, -0.25) is 14.4 Å². The van der Waals surface area contributed by atoms with Crippen LogP contribution in [-0.2, 0) is 20.7 Å². The predicted octanol–water partition coefficient (Wildman–Crippen LogP) is -0.286. The zero-order valence-corrected chi connectivity index (χ0v) is 11.6. The number of nitrogens with two attached hydrogens (primary N) is 2. The van der Waals surface area contributed by atoms with Gasteiger partial charge in [0.1, 0.15) is 6.04 Å². The van der Waals surface area contributed by atoms with Gasteiger partial charge < -0.3 is 21.3 Å². The molecule has 114 valence electrons. The average molecular weight is 294 g/mol. The summed E-state index contributed by atoms with van der Waals surface area (Å²) in [4.78, 5) is 34.1. The second kappa shape index (κ2) is 7.51. The third kappa shape index (κ3) is 4.66. The molecule has 0 bridgehead atoms. The van der Waals surface area contributed by atoms with E-state index < -0.39 is 36.2 Å². The number of esters is 1. The number of benzene rings is 1. The fourth-order valence-electron chi connectivity index (χ4n) is 1.89. The summed E-state index contributed by atoms with van der Waals surface area (Å²) >= 11 is 0. The first kappa shape index (κ1) is 16.8. The van der Waals surface area contributed by atoms with Gasteiger partial charge >= 0.3 is 11.9 Å². The molecule has 0 spiro atoms. The Bertz CT molecular complexity index is 544. The smallest absolute Gasteiger partial charge is 0.322 e. The van der Waals surface area contributed by atoms with Gasteiger partial charge in [-0.15, -0.1) is 0 Å². The Morgan fingerprint density at radius 2 is 1.81 bits per heavy atom. The lowest BCUT2D eigenvalue weighted by Crippen LogP contribution is -2.36. The number of carboxylic acids is 1. The van der Waals surface area contributed by atoms with E-state index in [2.05, 4.69) is 4.74 Å². The Kier molecular flexibility index (Phi) is 6.01. The normalized spacial score (nSPS) is 13.3. The quantitative estimate of drug-likeness (QED) is 0.465. The maximum Gasteiger partial charge on any atom is 0.322 e. The van der Waals surface area contributed by atoms with Crippen molar-refractivity contribution < 1.29 is 24.2 Å². The molecule has 1 rings (SSSR count). The van der Waals surface area contributed by atoms with Gasteiger partial charge in [0.05, 0.1) is 19.6 Å². The van der Waals surface area contributed by atoms with E-state index in [0.717, 1.165) is 0 Å². The molecule has 0 fully saturated rings. The molecule has 0 aliphatic heterocycles. The number of ketones is 1. The Labute approximate surface area is 121 Å². The molecule has 0 heterocycles. The number of ether oxygens (including phenoxy) is 1. The van der Waals surface area contributed by atoms with Gasteiger partial charge in [-0.2, -0.15) is 0 Å². The van der Waals surface area contributed by atoms with E-state index in [4.69, 9.17) is 16.6 Å². The molecule has 2 unspecified atom stereocenters. The minimum Gasteiger partial charge on any atom is -0.481 e. The molecule has 1 aromatic rings. The van der Waals surface area contributed by atoms with E-state index in [1.807, 2.05) is 0 Å². The number of methoxy groups -OCH3 is 1. The number of aliphatic carboxylic acids is 1. The molecule has 0 radical (unpaired) electrons. The van der Waals surface area contributed by atoms with Crippen LogP contribution in [0.5, 0.6) is 0 Å². The summed E-state index contributed by atoms with van der Waals surface area (Å²) in [5.41, 5.74) is 12.1. The highest BCUT2D eigenvalue weighted by Crippen LogP contribution is 2.14. The lowest BCUT2D eigenvalue weighted by atomic mass is 9.94. The Balaban J connectivity index is 2.96. The van der Waals surface area contributed by atoms with Gasteiger partial charge in [-0.1, -0.05) is 24.3 Å². The summed E-state index contributed by atoms with van der Waals surface area (Å²) in [5, 5.41) is 8.69. The molecule has 7 nitrogen and oxygen atoms in total. The first-order valence-corrected chi connectivity index (χ1v) is 6.29. The van der Waals surface area contributed by atoms with Crippen molar-refractivity contribution in [2.75, 3.05) is 7.11 Å². The van der Waals surface area contributed by atoms with Gasteiger partial charge in [0.15, 0.2) is 5.78 Å². The van der Waals surface area contributed by atoms with Crippen molar-refractivity contribution in [1.29, 1.82) is 0 Å². The van der Waals surface area contributed by atoms with Crippen LogP contribution in [0.15, 0.2) is 24.3 Å². The SMILES string of the molecule is COC(=O)C(N)Cc1ccccc1C(=O)C(N)CC(=O)O. The van der Waals surface area contributed by atoms with E-state index in [0.29, 0.717) is 5.56 Å². The molecule has 2 atom stereocenters. The molecular weight excluding hydrogens is 276 g/mol. The van der Waals surface area contributed by atoms with E-state index in [1.165, 1.54) is 13.2 Å². The van der Waals surface area contributed by atoms with Crippen molar-refractivity contribution >= 4 is 17.7 Å². The van der Waals surface area contributed by atoms with Crippen LogP contribution in [0, 0.1) is 0 Å². The summed E-state index contributed by atoms with van der Waals surface area (Å²) in [6, 6.07) is 4.46. The van der Waals surface area contributed by atoms with Crippen molar-refractivity contribution in [1.82, 2.24) is 0 Å². The summed E-state index contributed by atoms with van der Waals surface area (Å²) in [5.74, 6) is -2.24. The van der Waals surface area contributed by atoms with Gasteiger partial charge in [-0.25, -0.2) is 0 Å². The number of hydrogen-bond donors (Lipinski definition) is 3. The lowest BCUT2D eigenvalue weighted by molar-refractivity contribution is -0.142. The van der Waals surface area contributed by atoms with Crippen molar-refractivity contribution in [3.8, 4) is 0 Å². The Morgan fingerprint density at radius 1 is 1.19 bits per heavy atom. The zero-order valence-electron chi connectivity index (χ0n) is 11.6. The number of carbonyl (C=O) groups is 3. The molecule has 5 N–H and O–H groups in total. The summed E-state index contributed by atoms with van der Waals surface area (Å²) < 4.78 is 4.53. The standard InChI is InChI=1S/C14H18N2O5/c1-21-14(20)11(16)6-8-4-2-3-5-9(8)13(19)10(15)7-12(17)18/h2-5,10-11H,6-7,15-16H2,1H3,(H,17,18). The molecule has 0 saturated carbocycles. The summed E-state index contributed by atoms with van der Waals surface area (Å²) in [6.45, 7) is 0. The molecule has 0 saturated heterocycles. The summed E-state index contributed by atoms with van der Waals surface area (Å²) in [7, 11) is 1.22. The molecule has 1 aromatic carbocycles. The predicted molar refractivity (Wildman–Crippen MR) is 74.7 cm³/mol. The van der Waals surface area contributed by atoms with Crippen LogP contribution in [-0.4, -0.2) is 42.0 Å². The van der Waals surface area contributed by atoms with Crippen LogP contribution in [0.25, 0.3) is 0 Å². The Morgan fingerprint density at radius 3 is 2.38 bits per heavy atom. The number of rotatable bonds is 7. The van der Waals surface area contributed by atoms with Crippen molar-refractivity contribution in [3.63, 3.8) is 0 Å². The fraction of sp³-hybridized carbons (Fsp3) is 0.357. The van der Waals surface area contributed by atoms with Crippen molar-refractivity contribution in [2.45, 2.75) is 24.9 Å². The molecule has 7 heteroatoms. The van der Waals surface area contributed by atoms with E-state index in [1.54, 1.807) is 18.2 Å². The maximum atomic E-state index is 12.2. The molecule has 0 aliphatic rings. The molecule has 0 aromatic heterocycles. The third-order valence-electron chi connectivity index (χ3n) is 2.96. The third-order valence-corrected chi connectivity index (χ3v) is 2.96. The van der Waals surface area contributed by atoms with Gasteiger partial charge in [0.25, 0.3) is 0 Å². The minimum atomic E-state index is -1.15. The summed E-state index contributed by atoms with van der Waals surface area (Å²) in [6.07, 6.45) is -0.357. The van der Waals surface area contributed by atoms with Gasteiger partial charge in [0, 0.05) is 5.56 Å². The minimum absolute atomic E-state index is 0.106. The van der Waals surface area contributed by atoms with Gasteiger partial charge in [0.2, 0.25) is 0 Å². The maximum absolute atomic E-state index is 12.2. The number of hydrogen-bond acceptors (Lipinski definition) is 6. The van der Waals surface area contributed by atoms with E-state index in [-0.39, 0.29) is 12.0 Å². The van der Waals surface area contributed by atoms with Crippen LogP contribution >= 0.6 is 0 Å². The van der Waals surface area contributed by atoms with Crippen LogP contribution in [0.1, 0.15) is 22.3 Å². The first-order chi connectivity index (χ1) is 9.86. The number of carbonyl (C=O) groups excluding carboxylic acids is 2. The highest BCUT2D eigenvalue weighted by molar-refractivity contribution is 6.02. The average Bonchev–Trinajstić information content (AvgIpc) is 2.45. The highest BCUT2D eigenvalue weighted by atomic mass is 16.5. The number of Topliss-reactive ketones (excluding diaryl/α,β-unsaturated/α-hetero) is 1. The second-order valence-corrected chi connectivity index (χ2v) is 4.56. The zero-order chi connectivity index (χ0) is 16.0. The topological polar surface area (TPSA) is 133 Å². The highest BCUT2D eigenvalue weighted by Gasteiger charge is 2.23. The lowest BCUT2D eigenvalue weighted by Gasteiger charge is -2.14. The molecule has 0 aliphatic carbocycles. The van der Waals surface area contributed by atoms with Crippen molar-refractivity contribution in [2.24, 2.45) is 11.5 Å². The van der Waals surface area contributed by atoms with Crippen LogP contribution in [0.2, 0.25) is 0 Å².